The molecule has 0 aromatic rings. The molecule has 0 bridgehead atoms. The molecule has 2 aliphatic heterocycles. The quantitative estimate of drug-likeness (QED) is 0.359. The van der Waals surface area contributed by atoms with Crippen LogP contribution < -0.4 is 0 Å². The van der Waals surface area contributed by atoms with Crippen molar-refractivity contribution in [2.45, 2.75) is 76.8 Å². The van der Waals surface area contributed by atoms with Gasteiger partial charge in [0.2, 0.25) is 11.6 Å². The van der Waals surface area contributed by atoms with Crippen molar-refractivity contribution in [3.8, 4) is 0 Å². The van der Waals surface area contributed by atoms with Crippen molar-refractivity contribution in [1.29, 1.82) is 0 Å². The van der Waals surface area contributed by atoms with E-state index >= 15 is 0 Å². The zero-order chi connectivity index (χ0) is 22.0. The van der Waals surface area contributed by atoms with Gasteiger partial charge < -0.3 is 23.8 Å². The van der Waals surface area contributed by atoms with Gasteiger partial charge in [0.25, 0.3) is 0 Å². The smallest absolute Gasteiger partial charge is 0.229 e. The first-order valence-corrected chi connectivity index (χ1v) is 12.9. The number of hydrogen-bond donors (Lipinski definition) is 0. The molecule has 4 aliphatic carbocycles. The number of fused-ring (bicyclic) bond motifs is 5. The van der Waals surface area contributed by atoms with E-state index in [0.29, 0.717) is 56.7 Å². The molecule has 0 amide bonds. The molecule has 2 saturated heterocycles. The van der Waals surface area contributed by atoms with Crippen molar-refractivity contribution in [3.63, 3.8) is 0 Å². The average Bonchev–Trinajstić information content (AvgIpc) is 3.05. The highest BCUT2D eigenvalue weighted by Crippen LogP contribution is 2.72. The van der Waals surface area contributed by atoms with Crippen LogP contribution in [-0.4, -0.2) is 50.3 Å². The summed E-state index contributed by atoms with van der Waals surface area (Å²) in [7, 11) is 0. The lowest BCUT2D eigenvalue weighted by atomic mass is 9.44. The summed E-state index contributed by atoms with van der Waals surface area (Å²) in [4.78, 5) is 5.69. The van der Waals surface area contributed by atoms with E-state index in [1.54, 1.807) is 6.08 Å². The van der Waals surface area contributed by atoms with Crippen LogP contribution in [0.15, 0.2) is 17.8 Å². The first kappa shape index (κ1) is 21.6. The van der Waals surface area contributed by atoms with Crippen LogP contribution in [-0.2, 0) is 23.8 Å². The highest BCUT2D eigenvalue weighted by atomic mass is 16.8. The van der Waals surface area contributed by atoms with Crippen molar-refractivity contribution in [3.05, 3.63) is 12.7 Å². The van der Waals surface area contributed by atoms with Gasteiger partial charge in [-0.15, -0.1) is 0 Å². The molecule has 2 heterocycles. The normalized spacial score (nSPS) is 53.4. The summed E-state index contributed by atoms with van der Waals surface area (Å²) in [5, 5.41) is 4.73. The predicted octanol–water partition coefficient (Wildman–Crippen LogP) is 4.68. The molecule has 0 aromatic heterocycles. The Kier molecular flexibility index (Phi) is 5.07. The standard InChI is InChI=1S/C26H39NO5/c1-4-11-32-27-22-16-18-19(23(2)9-6-5-7-20(22)23)8-10-24(3)21(18)17-25-26(24,30-14-12-28-25)31-15-13-29-25/h4,18-21H,1,5-17H2,2-3H3/b27-22-/t18-,19+,20?,21+,23-,24+,25?,26?/m1/s1. The van der Waals surface area contributed by atoms with E-state index in [1.807, 2.05) is 0 Å². The van der Waals surface area contributed by atoms with Crippen molar-refractivity contribution < 1.29 is 23.8 Å². The van der Waals surface area contributed by atoms with Gasteiger partial charge in [0.15, 0.2) is 0 Å². The van der Waals surface area contributed by atoms with Crippen LogP contribution in [0.3, 0.4) is 0 Å². The monoisotopic (exact) mass is 445 g/mol. The van der Waals surface area contributed by atoms with Gasteiger partial charge in [-0.25, -0.2) is 0 Å². The fourth-order valence-electron chi connectivity index (χ4n) is 9.09. The molecule has 1 unspecified atom stereocenters. The molecule has 6 aliphatic rings. The highest BCUT2D eigenvalue weighted by molar-refractivity contribution is 5.88. The Labute approximate surface area is 192 Å². The van der Waals surface area contributed by atoms with Crippen molar-refractivity contribution in [1.82, 2.24) is 0 Å². The van der Waals surface area contributed by atoms with E-state index in [4.69, 9.17) is 28.9 Å². The third-order valence-electron chi connectivity index (χ3n) is 10.3. The third kappa shape index (κ3) is 2.64. The van der Waals surface area contributed by atoms with Gasteiger partial charge in [0.1, 0.15) is 6.61 Å². The Bertz CT molecular complexity index is 785. The topological polar surface area (TPSA) is 58.5 Å². The molecule has 6 atom stereocenters. The zero-order valence-electron chi connectivity index (χ0n) is 19.8. The minimum absolute atomic E-state index is 0.125. The lowest BCUT2D eigenvalue weighted by molar-refractivity contribution is -0.474. The summed E-state index contributed by atoms with van der Waals surface area (Å²) in [5.74, 6) is 0.622. The zero-order valence-corrected chi connectivity index (χ0v) is 19.8. The maximum Gasteiger partial charge on any atom is 0.229 e. The second-order valence-corrected chi connectivity index (χ2v) is 11.5. The van der Waals surface area contributed by atoms with Gasteiger partial charge in [-0.05, 0) is 55.3 Å². The molecule has 6 rings (SSSR count). The predicted molar refractivity (Wildman–Crippen MR) is 120 cm³/mol. The molecular weight excluding hydrogens is 406 g/mol. The Morgan fingerprint density at radius 3 is 2.50 bits per heavy atom. The lowest BCUT2D eigenvalue weighted by Crippen LogP contribution is -2.70. The molecule has 0 radical (unpaired) electrons. The molecule has 32 heavy (non-hydrogen) atoms. The number of rotatable bonds is 3. The molecule has 0 spiro atoms. The Morgan fingerprint density at radius 2 is 1.75 bits per heavy atom. The van der Waals surface area contributed by atoms with Crippen LogP contribution in [0.4, 0.5) is 0 Å². The van der Waals surface area contributed by atoms with E-state index in [0.717, 1.165) is 19.3 Å². The maximum absolute atomic E-state index is 6.54. The molecule has 6 nitrogen and oxygen atoms in total. The minimum atomic E-state index is -0.785. The Balaban J connectivity index is 1.41. The van der Waals surface area contributed by atoms with Gasteiger partial charge >= 0.3 is 0 Å². The second-order valence-electron chi connectivity index (χ2n) is 11.5. The summed E-state index contributed by atoms with van der Waals surface area (Å²) in [6, 6.07) is 0. The summed E-state index contributed by atoms with van der Waals surface area (Å²) in [6.45, 7) is 11.5. The van der Waals surface area contributed by atoms with E-state index in [2.05, 4.69) is 20.4 Å². The average molecular weight is 446 g/mol. The number of hydrogen-bond acceptors (Lipinski definition) is 6. The largest absolute Gasteiger partial charge is 0.392 e. The third-order valence-corrected chi connectivity index (χ3v) is 10.3. The van der Waals surface area contributed by atoms with E-state index in [9.17, 15) is 0 Å². The summed E-state index contributed by atoms with van der Waals surface area (Å²) < 4.78 is 25.9. The Hall–Kier alpha value is -0.950. The van der Waals surface area contributed by atoms with Gasteiger partial charge in [0.05, 0.1) is 32.1 Å². The first-order chi connectivity index (χ1) is 15.5. The highest BCUT2D eigenvalue weighted by Gasteiger charge is 2.79. The molecule has 6 heteroatoms. The van der Waals surface area contributed by atoms with Crippen LogP contribution in [0.5, 0.6) is 0 Å². The summed E-state index contributed by atoms with van der Waals surface area (Å²) in [6.07, 6.45) is 11.1. The second kappa shape index (κ2) is 7.53. The summed E-state index contributed by atoms with van der Waals surface area (Å²) in [5.41, 5.74) is 1.44. The lowest BCUT2D eigenvalue weighted by Gasteiger charge is -2.62. The molecule has 0 aromatic carbocycles. The van der Waals surface area contributed by atoms with Crippen LogP contribution in [0, 0.1) is 34.5 Å². The molecular formula is C26H39NO5. The van der Waals surface area contributed by atoms with Crippen molar-refractivity contribution >= 4 is 5.71 Å². The number of ether oxygens (including phenoxy) is 4. The van der Waals surface area contributed by atoms with Crippen LogP contribution in [0.2, 0.25) is 0 Å². The van der Waals surface area contributed by atoms with Gasteiger partial charge in [-0.2, -0.15) is 0 Å². The molecule has 178 valence electrons. The van der Waals surface area contributed by atoms with Crippen LogP contribution in [0.1, 0.15) is 65.2 Å². The van der Waals surface area contributed by atoms with Crippen LogP contribution in [0.25, 0.3) is 0 Å². The number of oxime groups is 1. The molecule has 4 saturated carbocycles. The fourth-order valence-corrected chi connectivity index (χ4v) is 9.09. The molecule has 6 fully saturated rings. The van der Waals surface area contributed by atoms with Gasteiger partial charge in [0, 0.05) is 17.8 Å². The van der Waals surface area contributed by atoms with Gasteiger partial charge in [-0.1, -0.05) is 44.5 Å². The van der Waals surface area contributed by atoms with E-state index in [-0.39, 0.29) is 10.8 Å². The van der Waals surface area contributed by atoms with Gasteiger partial charge in [-0.3, -0.25) is 0 Å². The Morgan fingerprint density at radius 1 is 1.00 bits per heavy atom. The molecule has 0 N–H and O–H groups in total. The number of nitrogens with zero attached hydrogens (tertiary/aromatic N) is 1. The minimum Gasteiger partial charge on any atom is -0.392 e. The van der Waals surface area contributed by atoms with Crippen LogP contribution >= 0.6 is 0 Å². The van der Waals surface area contributed by atoms with E-state index < -0.39 is 11.6 Å². The summed E-state index contributed by atoms with van der Waals surface area (Å²) >= 11 is 0. The van der Waals surface area contributed by atoms with E-state index in [1.165, 1.54) is 37.8 Å². The van der Waals surface area contributed by atoms with Crippen molar-refractivity contribution in [2.24, 2.45) is 39.7 Å². The van der Waals surface area contributed by atoms with Crippen molar-refractivity contribution in [2.75, 3.05) is 33.0 Å². The first-order valence-electron chi connectivity index (χ1n) is 12.9. The maximum atomic E-state index is 6.54. The fraction of sp³-hybridized carbons (Fsp3) is 0.885. The SMILES string of the molecule is C=CCO/N=C1/C[C@@H]2[C@H](CC[C@@]3(C)[C@H]2CC24OCCOC23OCCO4)[C@@]2(C)CCCCC12.